The van der Waals surface area contributed by atoms with E-state index < -0.39 is 0 Å². The molecule has 1 aromatic rings. The van der Waals surface area contributed by atoms with Gasteiger partial charge in [0.15, 0.2) is 0 Å². The second-order valence-corrected chi connectivity index (χ2v) is 3.61. The Morgan fingerprint density at radius 1 is 1.53 bits per heavy atom. The number of hydrogen-bond donors (Lipinski definition) is 2. The van der Waals surface area contributed by atoms with Gasteiger partial charge in [-0.3, -0.25) is 4.79 Å². The van der Waals surface area contributed by atoms with Gasteiger partial charge in [-0.1, -0.05) is 6.08 Å². The van der Waals surface area contributed by atoms with Crippen molar-refractivity contribution < 1.29 is 14.6 Å². The van der Waals surface area contributed by atoms with Crippen molar-refractivity contribution in [3.8, 4) is 5.75 Å². The SMILES string of the molecule is C/C=C(\C)C(=O)Nc1ccc(OC)c(CO)c1. The molecule has 1 aromatic carbocycles. The van der Waals surface area contributed by atoms with Crippen LogP contribution in [0.4, 0.5) is 5.69 Å². The second-order valence-electron chi connectivity index (χ2n) is 3.61. The smallest absolute Gasteiger partial charge is 0.250 e. The maximum absolute atomic E-state index is 11.6. The fourth-order valence-corrected chi connectivity index (χ4v) is 1.34. The van der Waals surface area contributed by atoms with Gasteiger partial charge in [0.2, 0.25) is 0 Å². The van der Waals surface area contributed by atoms with Crippen LogP contribution in [0.5, 0.6) is 5.75 Å². The lowest BCUT2D eigenvalue weighted by molar-refractivity contribution is -0.112. The molecule has 0 saturated carbocycles. The minimum Gasteiger partial charge on any atom is -0.496 e. The third kappa shape index (κ3) is 3.32. The quantitative estimate of drug-likeness (QED) is 0.786. The second kappa shape index (κ2) is 6.06. The zero-order valence-electron chi connectivity index (χ0n) is 10.3. The molecule has 2 N–H and O–H groups in total. The largest absolute Gasteiger partial charge is 0.496 e. The van der Waals surface area contributed by atoms with E-state index in [0.29, 0.717) is 22.6 Å². The molecule has 4 heteroatoms. The van der Waals surface area contributed by atoms with E-state index in [9.17, 15) is 4.79 Å². The van der Waals surface area contributed by atoms with E-state index in [-0.39, 0.29) is 12.5 Å². The highest BCUT2D eigenvalue weighted by molar-refractivity contribution is 6.03. The average Bonchev–Trinajstić information content (AvgIpc) is 2.37. The van der Waals surface area contributed by atoms with Gasteiger partial charge in [0.1, 0.15) is 5.75 Å². The predicted molar refractivity (Wildman–Crippen MR) is 67.0 cm³/mol. The Hall–Kier alpha value is -1.81. The molecule has 0 aromatic heterocycles. The third-order valence-corrected chi connectivity index (χ3v) is 2.50. The molecule has 0 heterocycles. The van der Waals surface area contributed by atoms with Gasteiger partial charge in [0.05, 0.1) is 13.7 Å². The fraction of sp³-hybridized carbons (Fsp3) is 0.308. The maximum atomic E-state index is 11.6. The molecule has 0 spiro atoms. The van der Waals surface area contributed by atoms with Gasteiger partial charge in [0, 0.05) is 16.8 Å². The molecule has 0 fully saturated rings. The summed E-state index contributed by atoms with van der Waals surface area (Å²) in [7, 11) is 1.54. The van der Waals surface area contributed by atoms with Gasteiger partial charge < -0.3 is 15.2 Å². The first kappa shape index (κ1) is 13.3. The molecule has 0 unspecified atom stereocenters. The van der Waals surface area contributed by atoms with Gasteiger partial charge in [-0.2, -0.15) is 0 Å². The number of benzene rings is 1. The molecule has 92 valence electrons. The van der Waals surface area contributed by atoms with E-state index in [4.69, 9.17) is 9.84 Å². The Kier molecular flexibility index (Phi) is 4.72. The summed E-state index contributed by atoms with van der Waals surface area (Å²) in [5.74, 6) is 0.454. The number of carbonyl (C=O) groups is 1. The number of allylic oxidation sites excluding steroid dienone is 1. The third-order valence-electron chi connectivity index (χ3n) is 2.50. The number of aliphatic hydroxyl groups is 1. The first-order chi connectivity index (χ1) is 8.12. The Labute approximate surface area is 101 Å². The minimum atomic E-state index is -0.151. The number of carbonyl (C=O) groups excluding carboxylic acids is 1. The normalized spacial score (nSPS) is 11.2. The van der Waals surface area contributed by atoms with E-state index in [0.717, 1.165) is 0 Å². The van der Waals surface area contributed by atoms with Gasteiger partial charge in [-0.15, -0.1) is 0 Å². The van der Waals surface area contributed by atoms with Crippen molar-refractivity contribution in [2.45, 2.75) is 20.5 Å². The molecule has 4 nitrogen and oxygen atoms in total. The van der Waals surface area contributed by atoms with Crippen LogP contribution in [0.3, 0.4) is 0 Å². The highest BCUT2D eigenvalue weighted by Crippen LogP contribution is 2.22. The molecule has 0 aliphatic heterocycles. The molecular weight excluding hydrogens is 218 g/mol. The van der Waals surface area contributed by atoms with Crippen LogP contribution in [0.15, 0.2) is 29.8 Å². The summed E-state index contributed by atoms with van der Waals surface area (Å²) in [4.78, 5) is 11.6. The molecule has 0 aliphatic carbocycles. The van der Waals surface area contributed by atoms with Crippen molar-refractivity contribution in [2.75, 3.05) is 12.4 Å². The Bertz CT molecular complexity index is 438. The first-order valence-corrected chi connectivity index (χ1v) is 5.34. The zero-order valence-corrected chi connectivity index (χ0v) is 10.3. The van der Waals surface area contributed by atoms with Crippen molar-refractivity contribution in [1.29, 1.82) is 0 Å². The molecule has 17 heavy (non-hydrogen) atoms. The number of rotatable bonds is 4. The Morgan fingerprint density at radius 2 is 2.24 bits per heavy atom. The van der Waals surface area contributed by atoms with Gasteiger partial charge in [0.25, 0.3) is 5.91 Å². The van der Waals surface area contributed by atoms with E-state index in [1.54, 1.807) is 31.2 Å². The summed E-state index contributed by atoms with van der Waals surface area (Å²) in [6, 6.07) is 5.14. The average molecular weight is 235 g/mol. The van der Waals surface area contributed by atoms with Crippen LogP contribution in [0, 0.1) is 0 Å². The molecule has 1 rings (SSSR count). The zero-order chi connectivity index (χ0) is 12.8. The number of aliphatic hydroxyl groups excluding tert-OH is 1. The lowest BCUT2D eigenvalue weighted by Gasteiger charge is -2.10. The molecule has 0 aliphatic rings. The van der Waals surface area contributed by atoms with Crippen molar-refractivity contribution in [3.05, 3.63) is 35.4 Å². The van der Waals surface area contributed by atoms with E-state index >= 15 is 0 Å². The predicted octanol–water partition coefficient (Wildman–Crippen LogP) is 2.09. The van der Waals surface area contributed by atoms with Crippen LogP contribution in [0.2, 0.25) is 0 Å². The summed E-state index contributed by atoms with van der Waals surface area (Å²) in [6.45, 7) is 3.42. The van der Waals surface area contributed by atoms with Crippen LogP contribution in [0.1, 0.15) is 19.4 Å². The molecule has 0 bridgehead atoms. The van der Waals surface area contributed by atoms with Crippen molar-refractivity contribution in [1.82, 2.24) is 0 Å². The first-order valence-electron chi connectivity index (χ1n) is 5.34. The number of amides is 1. The molecule has 0 atom stereocenters. The van der Waals surface area contributed by atoms with Crippen LogP contribution in [0.25, 0.3) is 0 Å². The van der Waals surface area contributed by atoms with E-state index in [1.807, 2.05) is 6.92 Å². The summed E-state index contributed by atoms with van der Waals surface area (Å²) < 4.78 is 5.08. The summed E-state index contributed by atoms with van der Waals surface area (Å²) in [5, 5.41) is 11.9. The Morgan fingerprint density at radius 3 is 2.76 bits per heavy atom. The van der Waals surface area contributed by atoms with Crippen LogP contribution in [-0.2, 0) is 11.4 Å². The van der Waals surface area contributed by atoms with Gasteiger partial charge >= 0.3 is 0 Å². The maximum Gasteiger partial charge on any atom is 0.250 e. The molecule has 1 amide bonds. The number of anilines is 1. The molecule has 0 radical (unpaired) electrons. The standard InChI is InChI=1S/C13H17NO3/c1-4-9(2)13(16)14-11-5-6-12(17-3)10(7-11)8-15/h4-7,15H,8H2,1-3H3,(H,14,16)/b9-4+. The van der Waals surface area contributed by atoms with Crippen LogP contribution >= 0.6 is 0 Å². The van der Waals surface area contributed by atoms with Crippen molar-refractivity contribution >= 4 is 11.6 Å². The summed E-state index contributed by atoms with van der Waals surface area (Å²) in [5.41, 5.74) is 1.93. The molecule has 0 saturated heterocycles. The van der Waals surface area contributed by atoms with Crippen molar-refractivity contribution in [3.63, 3.8) is 0 Å². The number of methoxy groups -OCH3 is 1. The topological polar surface area (TPSA) is 58.6 Å². The summed E-state index contributed by atoms with van der Waals surface area (Å²) in [6.07, 6.45) is 1.74. The Balaban J connectivity index is 2.90. The van der Waals surface area contributed by atoms with Crippen molar-refractivity contribution in [2.24, 2.45) is 0 Å². The number of ether oxygens (including phenoxy) is 1. The monoisotopic (exact) mass is 235 g/mol. The van der Waals surface area contributed by atoms with Crippen LogP contribution in [-0.4, -0.2) is 18.1 Å². The highest BCUT2D eigenvalue weighted by Gasteiger charge is 2.07. The van der Waals surface area contributed by atoms with E-state index in [2.05, 4.69) is 5.32 Å². The lowest BCUT2D eigenvalue weighted by atomic mass is 10.1. The fourth-order valence-electron chi connectivity index (χ4n) is 1.34. The summed E-state index contributed by atoms with van der Waals surface area (Å²) >= 11 is 0. The van der Waals surface area contributed by atoms with Gasteiger partial charge in [-0.25, -0.2) is 0 Å². The molecular formula is C13H17NO3. The van der Waals surface area contributed by atoms with E-state index in [1.165, 1.54) is 7.11 Å². The lowest BCUT2D eigenvalue weighted by Crippen LogP contribution is -2.12. The number of hydrogen-bond acceptors (Lipinski definition) is 3. The van der Waals surface area contributed by atoms with Gasteiger partial charge in [-0.05, 0) is 32.0 Å². The minimum absolute atomic E-state index is 0.129. The van der Waals surface area contributed by atoms with Crippen LogP contribution < -0.4 is 10.1 Å². The highest BCUT2D eigenvalue weighted by atomic mass is 16.5. The number of nitrogens with one attached hydrogen (secondary N) is 1.